The van der Waals surface area contributed by atoms with Crippen LogP contribution in [0.1, 0.15) is 19.8 Å². The van der Waals surface area contributed by atoms with Crippen molar-refractivity contribution < 1.29 is 9.13 Å². The first kappa shape index (κ1) is 14.6. The van der Waals surface area contributed by atoms with Crippen LogP contribution in [0.15, 0.2) is 0 Å². The first-order valence-corrected chi connectivity index (χ1v) is 7.24. The quantitative estimate of drug-likeness (QED) is 0.330. The first-order valence-electron chi connectivity index (χ1n) is 5.99. The highest BCUT2D eigenvalue weighted by molar-refractivity contribution is 14.1. The van der Waals surface area contributed by atoms with Gasteiger partial charge >= 0.3 is 0 Å². The Kier molecular flexibility index (Phi) is 7.85. The van der Waals surface area contributed by atoms with Crippen molar-refractivity contribution in [3.8, 4) is 0 Å². The minimum atomic E-state index is -0.249. The van der Waals surface area contributed by atoms with Gasteiger partial charge in [-0.2, -0.15) is 0 Å². The fourth-order valence-corrected chi connectivity index (χ4v) is 2.22. The average molecular weight is 344 g/mol. The Morgan fingerprint density at radius 1 is 1.62 bits per heavy atom. The minimum absolute atomic E-state index is 0.249. The zero-order chi connectivity index (χ0) is 11.8. The highest BCUT2D eigenvalue weighted by Gasteiger charge is 2.19. The Bertz CT molecular complexity index is 181. The monoisotopic (exact) mass is 344 g/mol. The maximum absolute atomic E-state index is 12.2. The lowest BCUT2D eigenvalue weighted by atomic mass is 10.1. The summed E-state index contributed by atoms with van der Waals surface area (Å²) in [6, 6.07) is 0. The largest absolute Gasteiger partial charge is 0.376 e. The summed E-state index contributed by atoms with van der Waals surface area (Å²) in [5, 5.41) is 3.38. The Labute approximate surface area is 111 Å². The van der Waals surface area contributed by atoms with Crippen molar-refractivity contribution in [1.29, 1.82) is 0 Å². The van der Waals surface area contributed by atoms with E-state index >= 15 is 0 Å². The lowest BCUT2D eigenvalue weighted by Crippen LogP contribution is -2.43. The van der Waals surface area contributed by atoms with E-state index in [-0.39, 0.29) is 6.67 Å². The normalized spacial score (nSPS) is 24.6. The molecular weight excluding hydrogens is 322 g/mol. The van der Waals surface area contributed by atoms with Gasteiger partial charge in [-0.1, -0.05) is 22.6 Å². The molecule has 1 N–H and O–H groups in total. The smallest absolute Gasteiger partial charge is 0.102 e. The van der Waals surface area contributed by atoms with Gasteiger partial charge in [0.25, 0.3) is 0 Å². The molecule has 0 aromatic rings. The summed E-state index contributed by atoms with van der Waals surface area (Å²) >= 11 is 2.36. The van der Waals surface area contributed by atoms with Crippen molar-refractivity contribution in [2.24, 2.45) is 0 Å². The molecule has 3 nitrogen and oxygen atoms in total. The van der Waals surface area contributed by atoms with Crippen LogP contribution in [-0.4, -0.2) is 54.5 Å². The Hall–Kier alpha value is 0.540. The van der Waals surface area contributed by atoms with E-state index in [0.717, 1.165) is 39.1 Å². The van der Waals surface area contributed by atoms with Crippen LogP contribution in [-0.2, 0) is 4.74 Å². The fraction of sp³-hybridized carbons (Fsp3) is 1.00. The zero-order valence-corrected chi connectivity index (χ0v) is 12.1. The molecule has 0 amide bonds. The molecule has 1 rings (SSSR count). The molecule has 0 saturated carbocycles. The molecule has 0 radical (unpaired) electrons. The number of ether oxygens (including phenoxy) is 1. The molecule has 1 fully saturated rings. The number of nitrogens with zero attached hydrogens (tertiary/aromatic N) is 1. The van der Waals surface area contributed by atoms with Gasteiger partial charge < -0.3 is 10.1 Å². The van der Waals surface area contributed by atoms with Gasteiger partial charge in [-0.05, 0) is 26.3 Å². The lowest BCUT2D eigenvalue weighted by molar-refractivity contribution is -0.0338. The molecule has 0 spiro atoms. The molecular formula is C11H22FIN2O. The summed E-state index contributed by atoms with van der Waals surface area (Å²) in [5.74, 6) is 0. The summed E-state index contributed by atoms with van der Waals surface area (Å²) in [5.41, 5.74) is 0. The third kappa shape index (κ3) is 6.32. The first-order chi connectivity index (χ1) is 7.72. The summed E-state index contributed by atoms with van der Waals surface area (Å²) in [6.07, 6.45) is 2.49. The SMILES string of the molecule is C[C@@H](I)NCCC[C@H]1CN(CCF)CCO1. The number of halogens is 2. The zero-order valence-electron chi connectivity index (χ0n) is 9.92. The van der Waals surface area contributed by atoms with Crippen LogP contribution >= 0.6 is 22.6 Å². The van der Waals surface area contributed by atoms with Crippen LogP contribution in [0, 0.1) is 0 Å². The predicted molar refractivity (Wildman–Crippen MR) is 72.9 cm³/mol. The molecule has 96 valence electrons. The molecule has 16 heavy (non-hydrogen) atoms. The topological polar surface area (TPSA) is 24.5 Å². The van der Waals surface area contributed by atoms with Crippen LogP contribution in [0.2, 0.25) is 0 Å². The number of morpholine rings is 1. The number of rotatable bonds is 7. The van der Waals surface area contributed by atoms with Gasteiger partial charge in [0.2, 0.25) is 0 Å². The minimum Gasteiger partial charge on any atom is -0.376 e. The van der Waals surface area contributed by atoms with E-state index < -0.39 is 0 Å². The van der Waals surface area contributed by atoms with E-state index in [0.29, 0.717) is 16.7 Å². The third-order valence-electron chi connectivity index (χ3n) is 2.75. The van der Waals surface area contributed by atoms with E-state index in [1.165, 1.54) is 0 Å². The second-order valence-corrected chi connectivity index (χ2v) is 6.06. The van der Waals surface area contributed by atoms with Crippen LogP contribution < -0.4 is 5.32 Å². The highest BCUT2D eigenvalue weighted by Crippen LogP contribution is 2.10. The number of nitrogens with one attached hydrogen (secondary N) is 1. The van der Waals surface area contributed by atoms with Gasteiger partial charge in [0, 0.05) is 19.6 Å². The summed E-state index contributed by atoms with van der Waals surface area (Å²) in [7, 11) is 0. The van der Waals surface area contributed by atoms with Crippen molar-refractivity contribution in [3.05, 3.63) is 0 Å². The number of hydrogen-bond donors (Lipinski definition) is 1. The maximum atomic E-state index is 12.2. The molecule has 0 aromatic heterocycles. The lowest BCUT2D eigenvalue weighted by Gasteiger charge is -2.32. The van der Waals surface area contributed by atoms with Crippen LogP contribution in [0.4, 0.5) is 4.39 Å². The molecule has 5 heteroatoms. The molecule has 0 bridgehead atoms. The summed E-state index contributed by atoms with van der Waals surface area (Å²) in [4.78, 5) is 2.16. The van der Waals surface area contributed by atoms with Crippen LogP contribution in [0.3, 0.4) is 0 Å². The van der Waals surface area contributed by atoms with Gasteiger partial charge in [-0.25, -0.2) is 4.39 Å². The van der Waals surface area contributed by atoms with Crippen molar-refractivity contribution >= 4 is 22.6 Å². The molecule has 0 aromatic carbocycles. The second kappa shape index (κ2) is 8.60. The maximum Gasteiger partial charge on any atom is 0.102 e. The summed E-state index contributed by atoms with van der Waals surface area (Å²) < 4.78 is 18.4. The number of hydrogen-bond acceptors (Lipinski definition) is 3. The van der Waals surface area contributed by atoms with Gasteiger partial charge in [-0.3, -0.25) is 4.90 Å². The second-order valence-electron chi connectivity index (χ2n) is 4.19. The third-order valence-corrected chi connectivity index (χ3v) is 3.19. The van der Waals surface area contributed by atoms with Crippen LogP contribution in [0.5, 0.6) is 0 Å². The van der Waals surface area contributed by atoms with Gasteiger partial charge in [-0.15, -0.1) is 0 Å². The Morgan fingerprint density at radius 2 is 2.44 bits per heavy atom. The van der Waals surface area contributed by atoms with E-state index in [2.05, 4.69) is 39.7 Å². The average Bonchev–Trinajstić information content (AvgIpc) is 2.25. The summed E-state index contributed by atoms with van der Waals surface area (Å²) in [6.45, 7) is 6.01. The predicted octanol–water partition coefficient (Wildman–Crippen LogP) is 1.81. The van der Waals surface area contributed by atoms with Crippen molar-refractivity contribution in [2.75, 3.05) is 39.5 Å². The van der Waals surface area contributed by atoms with Crippen molar-refractivity contribution in [3.63, 3.8) is 0 Å². The fourth-order valence-electron chi connectivity index (χ4n) is 1.91. The molecule has 1 heterocycles. The molecule has 1 aliphatic heterocycles. The molecule has 1 aliphatic rings. The molecule has 2 atom stereocenters. The van der Waals surface area contributed by atoms with Crippen molar-refractivity contribution in [1.82, 2.24) is 10.2 Å². The molecule has 0 aliphatic carbocycles. The van der Waals surface area contributed by atoms with E-state index in [1.807, 2.05) is 0 Å². The Morgan fingerprint density at radius 3 is 3.12 bits per heavy atom. The number of alkyl halides is 2. The van der Waals surface area contributed by atoms with E-state index in [9.17, 15) is 4.39 Å². The van der Waals surface area contributed by atoms with E-state index in [1.54, 1.807) is 0 Å². The van der Waals surface area contributed by atoms with Gasteiger partial charge in [0.05, 0.1) is 16.8 Å². The van der Waals surface area contributed by atoms with Crippen molar-refractivity contribution in [2.45, 2.75) is 29.9 Å². The van der Waals surface area contributed by atoms with E-state index in [4.69, 9.17) is 4.74 Å². The van der Waals surface area contributed by atoms with Gasteiger partial charge in [0.15, 0.2) is 0 Å². The standard InChI is InChI=1S/C11H22FIN2O/c1-10(13)14-5-2-3-11-9-15(6-4-12)7-8-16-11/h10-11,14H,2-9H2,1H3/t10-,11-/m0/s1. The van der Waals surface area contributed by atoms with Crippen LogP contribution in [0.25, 0.3) is 0 Å². The highest BCUT2D eigenvalue weighted by atomic mass is 127. The Balaban J connectivity index is 2.07. The molecule has 1 saturated heterocycles. The molecule has 0 unspecified atom stereocenters. The van der Waals surface area contributed by atoms with Gasteiger partial charge in [0.1, 0.15) is 6.67 Å².